The Balaban J connectivity index is 1.55. The number of benzene rings is 1. The third kappa shape index (κ3) is 5.10. The average molecular weight is 454 g/mol. The summed E-state index contributed by atoms with van der Waals surface area (Å²) < 4.78 is 18.1. The molecule has 0 unspecified atom stereocenters. The standard InChI is InChI=1S/C22H26N6O5/c1-27-21(30)16-4-5-17(33-11-3-8-28-9-12-32-13-10-28)19(31-2)18(16)25-22(27)26-20(29)15-6-7-23-24-14-15/h4-7,14H,3,8-13H2,1-2H3,(H,25,26,29). The van der Waals surface area contributed by atoms with Crippen molar-refractivity contribution < 1.29 is 19.0 Å². The maximum atomic E-state index is 12.9. The summed E-state index contributed by atoms with van der Waals surface area (Å²) in [5, 5.41) is 10.4. The first-order valence-corrected chi connectivity index (χ1v) is 10.7. The normalized spacial score (nSPS) is 14.2. The number of nitrogens with zero attached hydrogens (tertiary/aromatic N) is 5. The summed E-state index contributed by atoms with van der Waals surface area (Å²) in [4.78, 5) is 32.3. The number of amides is 1. The van der Waals surface area contributed by atoms with Crippen molar-refractivity contribution in [2.75, 3.05) is 51.9 Å². The molecule has 1 aliphatic rings. The SMILES string of the molecule is COc1c(OCCCN2CCOCC2)ccc2c(=O)n(C)c(NC(=O)c3ccnnc3)nc12. The molecule has 0 atom stereocenters. The molecule has 4 rings (SSSR count). The van der Waals surface area contributed by atoms with Gasteiger partial charge >= 0.3 is 0 Å². The third-order valence-corrected chi connectivity index (χ3v) is 5.42. The number of carbonyl (C=O) groups excluding carboxylic acids is 1. The number of morpholine rings is 1. The van der Waals surface area contributed by atoms with Crippen molar-refractivity contribution >= 4 is 22.8 Å². The fraction of sp³-hybridized carbons (Fsp3) is 0.409. The zero-order chi connectivity index (χ0) is 23.2. The molecule has 174 valence electrons. The number of carbonyl (C=O) groups is 1. The van der Waals surface area contributed by atoms with E-state index in [-0.39, 0.29) is 11.5 Å². The third-order valence-electron chi connectivity index (χ3n) is 5.42. The molecule has 1 aromatic carbocycles. The monoisotopic (exact) mass is 454 g/mol. The minimum Gasteiger partial charge on any atom is -0.491 e. The molecular formula is C22H26N6O5. The summed E-state index contributed by atoms with van der Waals surface area (Å²) in [7, 11) is 3.03. The lowest BCUT2D eigenvalue weighted by Gasteiger charge is -2.26. The molecule has 0 radical (unpaired) electrons. The van der Waals surface area contributed by atoms with Crippen molar-refractivity contribution in [2.24, 2.45) is 7.05 Å². The van der Waals surface area contributed by atoms with E-state index in [4.69, 9.17) is 14.2 Å². The topological polar surface area (TPSA) is 121 Å². The fourth-order valence-electron chi connectivity index (χ4n) is 3.61. The van der Waals surface area contributed by atoms with Gasteiger partial charge in [-0.05, 0) is 24.6 Å². The predicted octanol–water partition coefficient (Wildman–Crippen LogP) is 1.09. The Labute approximate surface area is 190 Å². The van der Waals surface area contributed by atoms with Crippen LogP contribution in [0.25, 0.3) is 10.9 Å². The maximum Gasteiger partial charge on any atom is 0.262 e. The molecule has 1 N–H and O–H groups in total. The number of hydrogen-bond acceptors (Lipinski definition) is 9. The summed E-state index contributed by atoms with van der Waals surface area (Å²) in [5.41, 5.74) is 0.290. The van der Waals surface area contributed by atoms with Crippen LogP contribution < -0.4 is 20.3 Å². The molecule has 11 heteroatoms. The Bertz CT molecular complexity index is 1180. The van der Waals surface area contributed by atoms with Gasteiger partial charge in [-0.1, -0.05) is 0 Å². The van der Waals surface area contributed by atoms with E-state index >= 15 is 0 Å². The van der Waals surface area contributed by atoms with Crippen LogP contribution >= 0.6 is 0 Å². The van der Waals surface area contributed by atoms with E-state index in [9.17, 15) is 9.59 Å². The molecular weight excluding hydrogens is 428 g/mol. The van der Waals surface area contributed by atoms with E-state index in [1.807, 2.05) is 0 Å². The van der Waals surface area contributed by atoms with Crippen LogP contribution in [0.5, 0.6) is 11.5 Å². The molecule has 3 heterocycles. The number of nitrogens with one attached hydrogen (secondary N) is 1. The molecule has 1 aliphatic heterocycles. The molecule has 0 bridgehead atoms. The summed E-state index contributed by atoms with van der Waals surface area (Å²) in [6.07, 6.45) is 3.58. The van der Waals surface area contributed by atoms with Crippen molar-refractivity contribution in [2.45, 2.75) is 6.42 Å². The Morgan fingerprint density at radius 2 is 2.03 bits per heavy atom. The summed E-state index contributed by atoms with van der Waals surface area (Å²) in [5.74, 6) is 0.458. The van der Waals surface area contributed by atoms with Crippen LogP contribution in [0.1, 0.15) is 16.8 Å². The smallest absolute Gasteiger partial charge is 0.262 e. The molecule has 0 spiro atoms. The first-order valence-electron chi connectivity index (χ1n) is 10.7. The summed E-state index contributed by atoms with van der Waals surface area (Å²) >= 11 is 0. The lowest BCUT2D eigenvalue weighted by Crippen LogP contribution is -2.37. The largest absolute Gasteiger partial charge is 0.491 e. The lowest BCUT2D eigenvalue weighted by atomic mass is 10.2. The highest BCUT2D eigenvalue weighted by Gasteiger charge is 2.18. The van der Waals surface area contributed by atoms with E-state index in [1.165, 1.54) is 37.2 Å². The fourth-order valence-corrected chi connectivity index (χ4v) is 3.61. The van der Waals surface area contributed by atoms with Gasteiger partial charge < -0.3 is 14.2 Å². The van der Waals surface area contributed by atoms with Crippen molar-refractivity contribution in [1.82, 2.24) is 24.6 Å². The second kappa shape index (κ2) is 10.4. The highest BCUT2D eigenvalue weighted by Crippen LogP contribution is 2.34. The number of methoxy groups -OCH3 is 1. The molecule has 1 saturated heterocycles. The first-order chi connectivity index (χ1) is 16.1. The van der Waals surface area contributed by atoms with Crippen LogP contribution in [0.15, 0.2) is 35.4 Å². The minimum absolute atomic E-state index is 0.0806. The molecule has 3 aromatic rings. The van der Waals surface area contributed by atoms with Gasteiger partial charge in [0.25, 0.3) is 11.5 Å². The lowest BCUT2D eigenvalue weighted by molar-refractivity contribution is 0.0357. The van der Waals surface area contributed by atoms with Crippen molar-refractivity contribution in [3.05, 3.63) is 46.5 Å². The zero-order valence-corrected chi connectivity index (χ0v) is 18.6. The van der Waals surface area contributed by atoms with E-state index in [0.717, 1.165) is 39.3 Å². The van der Waals surface area contributed by atoms with Crippen molar-refractivity contribution in [3.8, 4) is 11.5 Å². The average Bonchev–Trinajstić information content (AvgIpc) is 2.85. The van der Waals surface area contributed by atoms with Crippen molar-refractivity contribution in [3.63, 3.8) is 0 Å². The number of anilines is 1. The van der Waals surface area contributed by atoms with Crippen molar-refractivity contribution in [1.29, 1.82) is 0 Å². The van der Waals surface area contributed by atoms with Gasteiger partial charge in [0.2, 0.25) is 5.95 Å². The van der Waals surface area contributed by atoms with Crippen LogP contribution in [0.3, 0.4) is 0 Å². The summed E-state index contributed by atoms with van der Waals surface area (Å²) in [6.45, 7) is 4.78. The quantitative estimate of drug-likeness (QED) is 0.499. The van der Waals surface area contributed by atoms with Crippen LogP contribution in [0.4, 0.5) is 5.95 Å². The highest BCUT2D eigenvalue weighted by molar-refractivity contribution is 6.03. The van der Waals surface area contributed by atoms with Gasteiger partial charge in [0.1, 0.15) is 5.52 Å². The van der Waals surface area contributed by atoms with Crippen LogP contribution in [0, 0.1) is 0 Å². The van der Waals surface area contributed by atoms with Crippen LogP contribution in [0.2, 0.25) is 0 Å². The molecule has 0 saturated carbocycles. The number of fused-ring (bicyclic) bond motifs is 1. The van der Waals surface area contributed by atoms with Gasteiger partial charge in [0.05, 0.1) is 50.3 Å². The van der Waals surface area contributed by atoms with Gasteiger partial charge in [-0.2, -0.15) is 10.2 Å². The van der Waals surface area contributed by atoms with Crippen LogP contribution in [-0.2, 0) is 11.8 Å². The van der Waals surface area contributed by atoms with E-state index in [1.54, 1.807) is 12.1 Å². The zero-order valence-electron chi connectivity index (χ0n) is 18.6. The minimum atomic E-state index is -0.457. The molecule has 2 aromatic heterocycles. The van der Waals surface area contributed by atoms with E-state index in [2.05, 4.69) is 25.4 Å². The molecule has 0 aliphatic carbocycles. The number of ether oxygens (including phenoxy) is 3. The van der Waals surface area contributed by atoms with Gasteiger partial charge in [-0.15, -0.1) is 0 Å². The highest BCUT2D eigenvalue weighted by atomic mass is 16.5. The first kappa shape index (κ1) is 22.6. The Kier molecular flexibility index (Phi) is 7.10. The van der Waals surface area contributed by atoms with Crippen LogP contribution in [-0.4, -0.2) is 77.1 Å². The number of hydrogen-bond donors (Lipinski definition) is 1. The van der Waals surface area contributed by atoms with Gasteiger partial charge in [0.15, 0.2) is 11.5 Å². The molecule has 1 amide bonds. The van der Waals surface area contributed by atoms with E-state index in [0.29, 0.717) is 34.6 Å². The second-order valence-electron chi connectivity index (χ2n) is 7.53. The molecule has 1 fully saturated rings. The number of rotatable bonds is 8. The van der Waals surface area contributed by atoms with Gasteiger partial charge in [-0.3, -0.25) is 24.4 Å². The second-order valence-corrected chi connectivity index (χ2v) is 7.53. The maximum absolute atomic E-state index is 12.9. The molecule has 33 heavy (non-hydrogen) atoms. The Morgan fingerprint density at radius 1 is 1.21 bits per heavy atom. The van der Waals surface area contributed by atoms with Gasteiger partial charge in [-0.25, -0.2) is 4.98 Å². The Morgan fingerprint density at radius 3 is 2.76 bits per heavy atom. The van der Waals surface area contributed by atoms with Gasteiger partial charge in [0, 0.05) is 26.7 Å². The summed E-state index contributed by atoms with van der Waals surface area (Å²) in [6, 6.07) is 4.88. The van der Waals surface area contributed by atoms with E-state index < -0.39 is 5.91 Å². The Hall–Kier alpha value is -3.57. The molecule has 11 nitrogen and oxygen atoms in total. The predicted molar refractivity (Wildman–Crippen MR) is 121 cm³/mol. The number of aromatic nitrogens is 4.